The van der Waals surface area contributed by atoms with Gasteiger partial charge in [0.2, 0.25) is 0 Å². The molecule has 0 spiro atoms. The molecule has 24 heavy (non-hydrogen) atoms. The van der Waals surface area contributed by atoms with Crippen molar-refractivity contribution in [1.82, 2.24) is 4.40 Å². The largest absolute Gasteiger partial charge is 0.461 e. The molecule has 0 atom stereocenters. The van der Waals surface area contributed by atoms with Gasteiger partial charge in [0, 0.05) is 23.9 Å². The standard InChI is InChI=1S/C17H13ClN2O4/c1-2-24-17(21)16-14(11-6-8-12(9-7-11)20(22)23)15(18)13-5-3-4-10-19(13)16/h3-10H,2H2,1H3. The first-order chi connectivity index (χ1) is 11.5. The average Bonchev–Trinajstić information content (AvgIpc) is 2.88. The molecule has 0 aliphatic rings. The molecule has 0 aliphatic carbocycles. The zero-order chi connectivity index (χ0) is 17.3. The van der Waals surface area contributed by atoms with Crippen LogP contribution in [-0.2, 0) is 4.74 Å². The maximum Gasteiger partial charge on any atom is 0.356 e. The molecule has 0 bridgehead atoms. The van der Waals surface area contributed by atoms with Gasteiger partial charge in [-0.25, -0.2) is 4.79 Å². The van der Waals surface area contributed by atoms with Crippen LogP contribution in [0.5, 0.6) is 0 Å². The quantitative estimate of drug-likeness (QED) is 0.401. The summed E-state index contributed by atoms with van der Waals surface area (Å²) in [6, 6.07) is 11.3. The molecule has 2 aromatic heterocycles. The summed E-state index contributed by atoms with van der Waals surface area (Å²) >= 11 is 6.48. The Labute approximate surface area is 142 Å². The molecule has 3 aromatic rings. The maximum atomic E-state index is 12.4. The molecule has 0 radical (unpaired) electrons. The zero-order valence-electron chi connectivity index (χ0n) is 12.7. The molecular formula is C17H13ClN2O4. The minimum absolute atomic E-state index is 0.0312. The number of carbonyl (C=O) groups excluding carboxylic acids is 1. The van der Waals surface area contributed by atoms with Gasteiger partial charge < -0.3 is 9.14 Å². The van der Waals surface area contributed by atoms with Gasteiger partial charge >= 0.3 is 5.97 Å². The Morgan fingerprint density at radius 3 is 2.58 bits per heavy atom. The van der Waals surface area contributed by atoms with Gasteiger partial charge in [0.25, 0.3) is 5.69 Å². The number of hydrogen-bond donors (Lipinski definition) is 0. The third-order valence-corrected chi connectivity index (χ3v) is 4.00. The van der Waals surface area contributed by atoms with Gasteiger partial charge in [-0.2, -0.15) is 0 Å². The number of nitro benzene ring substituents is 1. The SMILES string of the molecule is CCOC(=O)c1c(-c2ccc([N+](=O)[O-])cc2)c(Cl)c2ccccn12. The normalized spacial score (nSPS) is 10.8. The number of esters is 1. The number of nitrogens with zero attached hydrogens (tertiary/aromatic N) is 2. The molecule has 1 aromatic carbocycles. The van der Waals surface area contributed by atoms with E-state index in [1.54, 1.807) is 41.8 Å². The van der Waals surface area contributed by atoms with E-state index in [4.69, 9.17) is 16.3 Å². The number of ether oxygens (including phenoxy) is 1. The Balaban J connectivity index is 2.26. The number of carbonyl (C=O) groups is 1. The van der Waals surface area contributed by atoms with Crippen LogP contribution < -0.4 is 0 Å². The van der Waals surface area contributed by atoms with Crippen molar-refractivity contribution < 1.29 is 14.5 Å². The molecule has 6 nitrogen and oxygen atoms in total. The highest BCUT2D eigenvalue weighted by molar-refractivity contribution is 6.38. The van der Waals surface area contributed by atoms with E-state index in [-0.39, 0.29) is 12.3 Å². The molecule has 0 saturated heterocycles. The van der Waals surface area contributed by atoms with Gasteiger partial charge in [-0.1, -0.05) is 17.7 Å². The van der Waals surface area contributed by atoms with Gasteiger partial charge in [-0.15, -0.1) is 0 Å². The second-order valence-corrected chi connectivity index (χ2v) is 5.40. The number of aromatic nitrogens is 1. The Bertz CT molecular complexity index is 932. The van der Waals surface area contributed by atoms with Crippen LogP contribution in [0.15, 0.2) is 48.7 Å². The third-order valence-electron chi connectivity index (χ3n) is 3.62. The lowest BCUT2D eigenvalue weighted by molar-refractivity contribution is -0.384. The summed E-state index contributed by atoms with van der Waals surface area (Å²) in [6.07, 6.45) is 1.72. The van der Waals surface area contributed by atoms with E-state index in [1.165, 1.54) is 12.1 Å². The highest BCUT2D eigenvalue weighted by atomic mass is 35.5. The average molecular weight is 345 g/mol. The number of benzene rings is 1. The summed E-state index contributed by atoms with van der Waals surface area (Å²) in [7, 11) is 0. The predicted octanol–water partition coefficient (Wildman–Crippen LogP) is 4.34. The lowest BCUT2D eigenvalue weighted by Gasteiger charge is -2.06. The van der Waals surface area contributed by atoms with Gasteiger partial charge in [0.15, 0.2) is 0 Å². The second kappa shape index (κ2) is 6.33. The summed E-state index contributed by atoms with van der Waals surface area (Å²) in [5.41, 5.74) is 2.03. The Morgan fingerprint density at radius 1 is 1.25 bits per heavy atom. The molecule has 2 heterocycles. The number of rotatable bonds is 4. The van der Waals surface area contributed by atoms with Crippen molar-refractivity contribution in [2.75, 3.05) is 6.61 Å². The van der Waals surface area contributed by atoms with Crippen LogP contribution >= 0.6 is 11.6 Å². The Morgan fingerprint density at radius 2 is 1.96 bits per heavy atom. The van der Waals surface area contributed by atoms with Gasteiger partial charge in [0.05, 0.1) is 22.1 Å². The van der Waals surface area contributed by atoms with Crippen LogP contribution in [0.1, 0.15) is 17.4 Å². The fourth-order valence-corrected chi connectivity index (χ4v) is 2.94. The van der Waals surface area contributed by atoms with Crippen molar-refractivity contribution in [3.8, 4) is 11.1 Å². The fourth-order valence-electron chi connectivity index (χ4n) is 2.58. The van der Waals surface area contributed by atoms with Crippen molar-refractivity contribution in [3.05, 3.63) is 69.5 Å². The Hall–Kier alpha value is -2.86. The first kappa shape index (κ1) is 16.0. The van der Waals surface area contributed by atoms with Crippen LogP contribution in [0.25, 0.3) is 16.6 Å². The lowest BCUT2D eigenvalue weighted by atomic mass is 10.1. The fraction of sp³-hybridized carbons (Fsp3) is 0.118. The number of hydrogen-bond acceptors (Lipinski definition) is 4. The molecule has 0 saturated carbocycles. The molecule has 0 unspecified atom stereocenters. The highest BCUT2D eigenvalue weighted by Crippen LogP contribution is 2.37. The predicted molar refractivity (Wildman–Crippen MR) is 90.5 cm³/mol. The van der Waals surface area contributed by atoms with Crippen LogP contribution in [-0.4, -0.2) is 21.9 Å². The highest BCUT2D eigenvalue weighted by Gasteiger charge is 2.24. The maximum absolute atomic E-state index is 12.4. The lowest BCUT2D eigenvalue weighted by Crippen LogP contribution is -2.09. The van der Waals surface area contributed by atoms with Gasteiger partial charge in [-0.05, 0) is 36.8 Å². The van der Waals surface area contributed by atoms with Crippen LogP contribution in [0, 0.1) is 10.1 Å². The number of nitro groups is 1. The monoisotopic (exact) mass is 344 g/mol. The van der Waals surface area contributed by atoms with E-state index >= 15 is 0 Å². The second-order valence-electron chi connectivity index (χ2n) is 5.02. The zero-order valence-corrected chi connectivity index (χ0v) is 13.5. The van der Waals surface area contributed by atoms with Crippen molar-refractivity contribution in [2.24, 2.45) is 0 Å². The first-order valence-electron chi connectivity index (χ1n) is 7.25. The molecule has 7 heteroatoms. The molecule has 0 N–H and O–H groups in total. The van der Waals surface area contributed by atoms with Crippen LogP contribution in [0.3, 0.4) is 0 Å². The molecule has 122 valence electrons. The summed E-state index contributed by atoms with van der Waals surface area (Å²) in [5.74, 6) is -0.501. The molecule has 0 amide bonds. The van der Waals surface area contributed by atoms with E-state index in [2.05, 4.69) is 0 Å². The van der Waals surface area contributed by atoms with Crippen molar-refractivity contribution >= 4 is 28.8 Å². The number of halogens is 1. The minimum atomic E-state index is -0.501. The van der Waals surface area contributed by atoms with E-state index < -0.39 is 10.9 Å². The minimum Gasteiger partial charge on any atom is -0.461 e. The van der Waals surface area contributed by atoms with Gasteiger partial charge in [-0.3, -0.25) is 10.1 Å². The summed E-state index contributed by atoms with van der Waals surface area (Å²) < 4.78 is 6.81. The molecule has 0 fully saturated rings. The smallest absolute Gasteiger partial charge is 0.356 e. The third kappa shape index (κ3) is 2.61. The van der Waals surface area contributed by atoms with Crippen molar-refractivity contribution in [3.63, 3.8) is 0 Å². The first-order valence-corrected chi connectivity index (χ1v) is 7.63. The number of fused-ring (bicyclic) bond motifs is 1. The van der Waals surface area contributed by atoms with Crippen molar-refractivity contribution in [2.45, 2.75) is 6.92 Å². The topological polar surface area (TPSA) is 73.8 Å². The van der Waals surface area contributed by atoms with E-state index in [0.717, 1.165) is 0 Å². The number of pyridine rings is 1. The summed E-state index contributed by atoms with van der Waals surface area (Å²) in [5, 5.41) is 11.2. The van der Waals surface area contributed by atoms with Gasteiger partial charge in [0.1, 0.15) is 5.69 Å². The summed E-state index contributed by atoms with van der Waals surface area (Å²) in [6.45, 7) is 1.96. The van der Waals surface area contributed by atoms with E-state index in [1.807, 2.05) is 6.07 Å². The Kier molecular flexibility index (Phi) is 4.22. The molecular weight excluding hydrogens is 332 g/mol. The number of non-ortho nitro benzene ring substituents is 1. The van der Waals surface area contributed by atoms with Crippen molar-refractivity contribution in [1.29, 1.82) is 0 Å². The molecule has 3 rings (SSSR count). The van der Waals surface area contributed by atoms with E-state index in [0.29, 0.717) is 27.4 Å². The summed E-state index contributed by atoms with van der Waals surface area (Å²) in [4.78, 5) is 22.8. The van der Waals surface area contributed by atoms with Crippen LogP contribution in [0.4, 0.5) is 5.69 Å². The van der Waals surface area contributed by atoms with Crippen LogP contribution in [0.2, 0.25) is 5.02 Å². The van der Waals surface area contributed by atoms with E-state index in [9.17, 15) is 14.9 Å². The molecule has 0 aliphatic heterocycles.